The van der Waals surface area contributed by atoms with Gasteiger partial charge in [-0.3, -0.25) is 4.79 Å². The van der Waals surface area contributed by atoms with Crippen LogP contribution >= 0.6 is 0 Å². The summed E-state index contributed by atoms with van der Waals surface area (Å²) in [6.07, 6.45) is 0.455. The number of nitrogens with one attached hydrogen (secondary N) is 1. The predicted molar refractivity (Wildman–Crippen MR) is 73.0 cm³/mol. The Bertz CT molecular complexity index is 391. The third-order valence-electron chi connectivity index (χ3n) is 2.68. The molecule has 4 N–H and O–H groups in total. The van der Waals surface area contributed by atoms with Crippen molar-refractivity contribution in [2.24, 2.45) is 5.92 Å². The van der Waals surface area contributed by atoms with Gasteiger partial charge in [-0.15, -0.1) is 0 Å². The molecule has 1 atom stereocenters. The van der Waals surface area contributed by atoms with Crippen molar-refractivity contribution in [3.05, 3.63) is 29.8 Å². The molecule has 0 aliphatic carbocycles. The molecule has 0 spiro atoms. The van der Waals surface area contributed by atoms with Crippen molar-refractivity contribution in [2.75, 3.05) is 12.3 Å². The topological polar surface area (TPSA) is 75.3 Å². The van der Waals surface area contributed by atoms with E-state index in [1.165, 1.54) is 0 Å². The van der Waals surface area contributed by atoms with Gasteiger partial charge in [0.25, 0.3) is 0 Å². The van der Waals surface area contributed by atoms with Gasteiger partial charge in [0.15, 0.2) is 0 Å². The lowest BCUT2D eigenvalue weighted by Gasteiger charge is -2.14. The summed E-state index contributed by atoms with van der Waals surface area (Å²) in [5, 5.41) is 12.4. The molecule has 0 fully saturated rings. The van der Waals surface area contributed by atoms with Crippen molar-refractivity contribution in [1.82, 2.24) is 5.32 Å². The molecule has 1 unspecified atom stereocenters. The lowest BCUT2D eigenvalue weighted by molar-refractivity contribution is -0.120. The molecule has 0 aliphatic heterocycles. The molecule has 4 nitrogen and oxygen atoms in total. The Morgan fingerprint density at radius 3 is 2.67 bits per heavy atom. The van der Waals surface area contributed by atoms with Crippen LogP contribution < -0.4 is 11.1 Å². The number of aliphatic hydroxyl groups excluding tert-OH is 1. The Morgan fingerprint density at radius 2 is 2.06 bits per heavy atom. The summed E-state index contributed by atoms with van der Waals surface area (Å²) >= 11 is 0. The lowest BCUT2D eigenvalue weighted by Crippen LogP contribution is -2.33. The van der Waals surface area contributed by atoms with Gasteiger partial charge >= 0.3 is 0 Å². The van der Waals surface area contributed by atoms with Crippen LogP contribution in [0.1, 0.15) is 25.8 Å². The Labute approximate surface area is 108 Å². The molecule has 1 amide bonds. The van der Waals surface area contributed by atoms with Crippen LogP contribution in [0.15, 0.2) is 24.3 Å². The minimum Gasteiger partial charge on any atom is -0.398 e. The quantitative estimate of drug-likeness (QED) is 0.667. The molecule has 0 aromatic heterocycles. The number of hydrogen-bond donors (Lipinski definition) is 3. The van der Waals surface area contributed by atoms with Crippen LogP contribution in [0.25, 0.3) is 0 Å². The largest absolute Gasteiger partial charge is 0.398 e. The molecule has 0 saturated heterocycles. The van der Waals surface area contributed by atoms with Gasteiger partial charge in [-0.05, 0) is 24.0 Å². The highest BCUT2D eigenvalue weighted by atomic mass is 16.3. The number of nitrogen functional groups attached to an aromatic ring is 1. The van der Waals surface area contributed by atoms with Crippen molar-refractivity contribution in [3.63, 3.8) is 0 Å². The highest BCUT2D eigenvalue weighted by Crippen LogP contribution is 2.11. The third kappa shape index (κ3) is 5.19. The van der Waals surface area contributed by atoms with Crippen LogP contribution in [0.5, 0.6) is 0 Å². The fourth-order valence-electron chi connectivity index (χ4n) is 1.79. The fourth-order valence-corrected chi connectivity index (χ4v) is 1.79. The first-order valence-corrected chi connectivity index (χ1v) is 6.27. The molecular formula is C14H22N2O2. The minimum atomic E-state index is -0.484. The van der Waals surface area contributed by atoms with E-state index in [-0.39, 0.29) is 12.3 Å². The second kappa shape index (κ2) is 7.01. The van der Waals surface area contributed by atoms with Gasteiger partial charge in [-0.1, -0.05) is 32.0 Å². The van der Waals surface area contributed by atoms with E-state index in [1.54, 1.807) is 6.07 Å². The van der Waals surface area contributed by atoms with Gasteiger partial charge in [0, 0.05) is 12.2 Å². The number of nitrogens with two attached hydrogens (primary N) is 1. The maximum atomic E-state index is 11.7. The van der Waals surface area contributed by atoms with Crippen LogP contribution in [0.3, 0.4) is 0 Å². The SMILES string of the molecule is CC(C)CC(O)CNC(=O)Cc1ccccc1N. The molecule has 1 aromatic carbocycles. The van der Waals surface area contributed by atoms with Crippen LogP contribution in [0.4, 0.5) is 5.69 Å². The number of carbonyl (C=O) groups is 1. The van der Waals surface area contributed by atoms with E-state index in [4.69, 9.17) is 5.73 Å². The summed E-state index contributed by atoms with van der Waals surface area (Å²) in [4.78, 5) is 11.7. The summed E-state index contributed by atoms with van der Waals surface area (Å²) in [5.74, 6) is 0.303. The Kier molecular flexibility index (Phi) is 5.65. The molecule has 0 heterocycles. The van der Waals surface area contributed by atoms with Crippen LogP contribution in [0.2, 0.25) is 0 Å². The summed E-state index contributed by atoms with van der Waals surface area (Å²) in [5.41, 5.74) is 7.20. The first-order chi connectivity index (χ1) is 8.49. The summed E-state index contributed by atoms with van der Waals surface area (Å²) in [6, 6.07) is 7.30. The molecule has 1 rings (SSSR count). The minimum absolute atomic E-state index is 0.115. The number of anilines is 1. The Balaban J connectivity index is 2.36. The zero-order chi connectivity index (χ0) is 13.5. The molecule has 0 aliphatic rings. The van der Waals surface area contributed by atoms with Crippen molar-refractivity contribution >= 4 is 11.6 Å². The van der Waals surface area contributed by atoms with Crippen molar-refractivity contribution in [1.29, 1.82) is 0 Å². The third-order valence-corrected chi connectivity index (χ3v) is 2.68. The van der Waals surface area contributed by atoms with E-state index in [9.17, 15) is 9.90 Å². The molecule has 100 valence electrons. The van der Waals surface area contributed by atoms with Gasteiger partial charge in [0.2, 0.25) is 5.91 Å². The summed E-state index contributed by atoms with van der Waals surface area (Å²) < 4.78 is 0. The molecule has 0 radical (unpaired) electrons. The number of amides is 1. The van der Waals surface area contributed by atoms with E-state index >= 15 is 0 Å². The monoisotopic (exact) mass is 250 g/mol. The average Bonchev–Trinajstić information content (AvgIpc) is 2.29. The fraction of sp³-hybridized carbons (Fsp3) is 0.500. The molecule has 0 bridgehead atoms. The van der Waals surface area contributed by atoms with E-state index in [2.05, 4.69) is 5.32 Å². The molecule has 1 aromatic rings. The van der Waals surface area contributed by atoms with Gasteiger partial charge in [-0.25, -0.2) is 0 Å². The van der Waals surface area contributed by atoms with Gasteiger partial charge < -0.3 is 16.2 Å². The van der Waals surface area contributed by atoms with Crippen LogP contribution in [0, 0.1) is 5.92 Å². The first kappa shape index (κ1) is 14.5. The molecule has 4 heteroatoms. The smallest absolute Gasteiger partial charge is 0.224 e. The number of benzene rings is 1. The molecule has 18 heavy (non-hydrogen) atoms. The number of aliphatic hydroxyl groups is 1. The van der Waals surface area contributed by atoms with E-state index in [0.717, 1.165) is 5.56 Å². The maximum absolute atomic E-state index is 11.7. The first-order valence-electron chi connectivity index (χ1n) is 6.27. The highest BCUT2D eigenvalue weighted by molar-refractivity contribution is 5.80. The van der Waals surface area contributed by atoms with Crippen molar-refractivity contribution in [3.8, 4) is 0 Å². The second-order valence-corrected chi connectivity index (χ2v) is 4.96. The average molecular weight is 250 g/mol. The normalized spacial score (nSPS) is 12.4. The van der Waals surface area contributed by atoms with E-state index < -0.39 is 6.10 Å². The standard InChI is InChI=1S/C14H22N2O2/c1-10(2)7-12(17)9-16-14(18)8-11-5-3-4-6-13(11)15/h3-6,10,12,17H,7-9,15H2,1-2H3,(H,16,18). The number of hydrogen-bond acceptors (Lipinski definition) is 3. The van der Waals surface area contributed by atoms with Gasteiger partial charge in [0.05, 0.1) is 12.5 Å². The number of rotatable bonds is 6. The zero-order valence-corrected chi connectivity index (χ0v) is 11.0. The van der Waals surface area contributed by atoms with Crippen molar-refractivity contribution < 1.29 is 9.90 Å². The molecule has 0 saturated carbocycles. The Morgan fingerprint density at radius 1 is 1.39 bits per heavy atom. The van der Waals surface area contributed by atoms with Crippen molar-refractivity contribution in [2.45, 2.75) is 32.8 Å². The van der Waals surface area contributed by atoms with Gasteiger partial charge in [0.1, 0.15) is 0 Å². The Hall–Kier alpha value is -1.55. The lowest BCUT2D eigenvalue weighted by atomic mass is 10.1. The van der Waals surface area contributed by atoms with Crippen LogP contribution in [-0.2, 0) is 11.2 Å². The molecular weight excluding hydrogens is 228 g/mol. The highest BCUT2D eigenvalue weighted by Gasteiger charge is 2.10. The predicted octanol–water partition coefficient (Wildman–Crippen LogP) is 1.33. The number of carbonyl (C=O) groups excluding carboxylic acids is 1. The van der Waals surface area contributed by atoms with Gasteiger partial charge in [-0.2, -0.15) is 0 Å². The summed E-state index contributed by atoms with van der Waals surface area (Å²) in [7, 11) is 0. The van der Waals surface area contributed by atoms with Crippen LogP contribution in [-0.4, -0.2) is 23.7 Å². The summed E-state index contributed by atoms with van der Waals surface area (Å²) in [6.45, 7) is 4.37. The maximum Gasteiger partial charge on any atom is 0.224 e. The van der Waals surface area contributed by atoms with E-state index in [1.807, 2.05) is 32.0 Å². The second-order valence-electron chi connectivity index (χ2n) is 4.96. The number of para-hydroxylation sites is 1. The zero-order valence-electron chi connectivity index (χ0n) is 11.0. The van der Waals surface area contributed by atoms with E-state index in [0.29, 0.717) is 24.6 Å².